The zero-order valence-corrected chi connectivity index (χ0v) is 8.33. The summed E-state index contributed by atoms with van der Waals surface area (Å²) < 4.78 is 0.642. The molecule has 0 heterocycles. The molecule has 0 aliphatic heterocycles. The minimum Gasteiger partial charge on any atom is -0.192 e. The lowest BCUT2D eigenvalue weighted by molar-refractivity contribution is 1.47. The van der Waals surface area contributed by atoms with Crippen LogP contribution in [0.15, 0.2) is 16.6 Å². The molecule has 4 heteroatoms. The van der Waals surface area contributed by atoms with E-state index in [0.29, 0.717) is 20.1 Å². The fourth-order valence-electron chi connectivity index (χ4n) is 0.620. The fraction of sp³-hybridized carbons (Fsp3) is 0. The Labute approximate surface area is 82.7 Å². The maximum absolute atomic E-state index is 8.50. The van der Waals surface area contributed by atoms with Crippen molar-refractivity contribution in [2.24, 2.45) is 0 Å². The molecule has 0 bridgehead atoms. The second-order valence-corrected chi connectivity index (χ2v) is 3.51. The van der Waals surface area contributed by atoms with Gasteiger partial charge in [-0.1, -0.05) is 23.2 Å². The Bertz CT molecular complexity index is 307. The first-order valence-corrected chi connectivity index (χ1v) is 4.24. The predicted molar refractivity (Wildman–Crippen MR) is 48.9 cm³/mol. The summed E-state index contributed by atoms with van der Waals surface area (Å²) in [5, 5.41) is 9.33. The second-order valence-electron chi connectivity index (χ2n) is 1.87. The summed E-state index contributed by atoms with van der Waals surface area (Å²) in [5.41, 5.74) is 0.492. The first-order valence-electron chi connectivity index (χ1n) is 2.70. The van der Waals surface area contributed by atoms with Crippen molar-refractivity contribution in [3.63, 3.8) is 0 Å². The molecule has 1 aromatic carbocycles. The Morgan fingerprint density at radius 2 is 2.00 bits per heavy atom. The normalized spacial score (nSPS) is 9.27. The summed E-state index contributed by atoms with van der Waals surface area (Å²) in [6.07, 6.45) is 0. The largest absolute Gasteiger partial charge is 0.192 e. The lowest BCUT2D eigenvalue weighted by Crippen LogP contribution is -1.77. The lowest BCUT2D eigenvalue weighted by Gasteiger charge is -1.98. The molecular formula is C7H2BrCl2N. The van der Waals surface area contributed by atoms with Crippen LogP contribution in [0.2, 0.25) is 10.0 Å². The molecule has 0 saturated heterocycles. The van der Waals surface area contributed by atoms with Gasteiger partial charge < -0.3 is 0 Å². The molecule has 0 fully saturated rings. The molecule has 1 rings (SSSR count). The average Bonchev–Trinajstić information content (AvgIpc) is 1.99. The van der Waals surface area contributed by atoms with Gasteiger partial charge in [-0.2, -0.15) is 5.26 Å². The van der Waals surface area contributed by atoms with Gasteiger partial charge in [0.1, 0.15) is 0 Å². The number of hydrogen-bond acceptors (Lipinski definition) is 1. The minimum atomic E-state index is 0.387. The van der Waals surface area contributed by atoms with E-state index in [1.54, 1.807) is 6.07 Å². The number of hydrogen-bond donors (Lipinski definition) is 0. The van der Waals surface area contributed by atoms with Gasteiger partial charge in [-0.15, -0.1) is 0 Å². The number of nitriles is 1. The topological polar surface area (TPSA) is 23.8 Å². The summed E-state index contributed by atoms with van der Waals surface area (Å²) in [5.74, 6) is 0. The Morgan fingerprint density at radius 3 is 2.45 bits per heavy atom. The van der Waals surface area contributed by atoms with E-state index in [2.05, 4.69) is 15.9 Å². The predicted octanol–water partition coefficient (Wildman–Crippen LogP) is 3.63. The van der Waals surface area contributed by atoms with E-state index in [-0.39, 0.29) is 0 Å². The summed E-state index contributed by atoms with van der Waals surface area (Å²) in [6.45, 7) is 0. The maximum Gasteiger partial charge on any atom is 0.0992 e. The highest BCUT2D eigenvalue weighted by atomic mass is 79.9. The van der Waals surface area contributed by atoms with Crippen molar-refractivity contribution in [2.45, 2.75) is 0 Å². The van der Waals surface area contributed by atoms with Crippen LogP contribution in [0.3, 0.4) is 0 Å². The Morgan fingerprint density at radius 1 is 1.36 bits per heavy atom. The van der Waals surface area contributed by atoms with Crippen molar-refractivity contribution in [3.8, 4) is 6.07 Å². The van der Waals surface area contributed by atoms with Crippen molar-refractivity contribution in [1.29, 1.82) is 5.26 Å². The lowest BCUT2D eigenvalue weighted by atomic mass is 10.2. The molecule has 0 N–H and O–H groups in total. The molecule has 0 aliphatic rings. The summed E-state index contributed by atoms with van der Waals surface area (Å²) in [4.78, 5) is 0. The molecule has 1 nitrogen and oxygen atoms in total. The van der Waals surface area contributed by atoms with E-state index in [0.717, 1.165) is 0 Å². The molecule has 0 radical (unpaired) electrons. The van der Waals surface area contributed by atoms with E-state index in [1.165, 1.54) is 6.07 Å². The Kier molecular flexibility index (Phi) is 2.78. The third-order valence-electron chi connectivity index (χ3n) is 1.11. The quantitative estimate of drug-likeness (QED) is 0.646. The summed E-state index contributed by atoms with van der Waals surface area (Å²) >= 11 is 14.6. The van der Waals surface area contributed by atoms with Crippen LogP contribution in [0.25, 0.3) is 0 Å². The highest BCUT2D eigenvalue weighted by Gasteiger charge is 2.03. The molecule has 0 unspecified atom stereocenters. The maximum atomic E-state index is 8.50. The van der Waals surface area contributed by atoms with Crippen molar-refractivity contribution >= 4 is 39.1 Å². The minimum absolute atomic E-state index is 0.387. The molecule has 0 amide bonds. The van der Waals surface area contributed by atoms with E-state index in [1.807, 2.05) is 6.07 Å². The van der Waals surface area contributed by atoms with Crippen molar-refractivity contribution in [3.05, 3.63) is 32.2 Å². The van der Waals surface area contributed by atoms with Gasteiger partial charge in [0.15, 0.2) is 0 Å². The van der Waals surface area contributed by atoms with Gasteiger partial charge in [-0.3, -0.25) is 0 Å². The van der Waals surface area contributed by atoms with E-state index in [4.69, 9.17) is 28.5 Å². The highest BCUT2D eigenvalue weighted by Crippen LogP contribution is 2.30. The molecule has 1 aromatic rings. The first-order chi connectivity index (χ1) is 5.15. The van der Waals surface area contributed by atoms with Crippen molar-refractivity contribution < 1.29 is 0 Å². The van der Waals surface area contributed by atoms with Gasteiger partial charge in [0, 0.05) is 4.47 Å². The molecule has 0 saturated carbocycles. The van der Waals surface area contributed by atoms with Gasteiger partial charge in [-0.25, -0.2) is 0 Å². The standard InChI is InChI=1S/C7H2BrCl2N/c8-5-1-4(3-11)2-6(9)7(5)10/h1-2H. The van der Waals surface area contributed by atoms with Crippen molar-refractivity contribution in [2.75, 3.05) is 0 Å². The molecule has 11 heavy (non-hydrogen) atoms. The van der Waals surface area contributed by atoms with Gasteiger partial charge in [0.2, 0.25) is 0 Å². The monoisotopic (exact) mass is 249 g/mol. The van der Waals surface area contributed by atoms with Crippen LogP contribution in [0, 0.1) is 11.3 Å². The molecule has 0 aromatic heterocycles. The van der Waals surface area contributed by atoms with Crippen LogP contribution < -0.4 is 0 Å². The molecule has 0 spiro atoms. The number of rotatable bonds is 0. The highest BCUT2D eigenvalue weighted by molar-refractivity contribution is 9.10. The first kappa shape index (κ1) is 8.86. The van der Waals surface area contributed by atoms with E-state index in [9.17, 15) is 0 Å². The van der Waals surface area contributed by atoms with Gasteiger partial charge in [0.05, 0.1) is 21.7 Å². The van der Waals surface area contributed by atoms with Crippen molar-refractivity contribution in [1.82, 2.24) is 0 Å². The van der Waals surface area contributed by atoms with E-state index >= 15 is 0 Å². The summed E-state index contributed by atoms with van der Waals surface area (Å²) in [7, 11) is 0. The smallest absolute Gasteiger partial charge is 0.0992 e. The number of nitrogens with zero attached hydrogens (tertiary/aromatic N) is 1. The third kappa shape index (κ3) is 1.87. The van der Waals surface area contributed by atoms with Crippen LogP contribution in [0.4, 0.5) is 0 Å². The second kappa shape index (κ2) is 3.44. The van der Waals surface area contributed by atoms with Crippen LogP contribution in [-0.4, -0.2) is 0 Å². The van der Waals surface area contributed by atoms with Gasteiger partial charge in [-0.05, 0) is 28.1 Å². The third-order valence-corrected chi connectivity index (χ3v) is 2.77. The van der Waals surface area contributed by atoms with Gasteiger partial charge in [0.25, 0.3) is 0 Å². The SMILES string of the molecule is N#Cc1cc(Cl)c(Cl)c(Br)c1. The zero-order valence-electron chi connectivity index (χ0n) is 5.24. The van der Waals surface area contributed by atoms with Crippen LogP contribution in [0.5, 0.6) is 0 Å². The van der Waals surface area contributed by atoms with Crippen LogP contribution >= 0.6 is 39.1 Å². The molecule has 56 valence electrons. The Balaban J connectivity index is 3.35. The molecule has 0 aliphatic carbocycles. The Hall–Kier alpha value is -0.230. The average molecular weight is 251 g/mol. The van der Waals surface area contributed by atoms with E-state index < -0.39 is 0 Å². The summed E-state index contributed by atoms with van der Waals surface area (Å²) in [6, 6.07) is 5.10. The zero-order chi connectivity index (χ0) is 8.43. The van der Waals surface area contributed by atoms with Crippen LogP contribution in [0.1, 0.15) is 5.56 Å². The molecule has 0 atom stereocenters. The number of halogens is 3. The fourth-order valence-corrected chi connectivity index (χ4v) is 1.52. The molecular weight excluding hydrogens is 249 g/mol. The van der Waals surface area contributed by atoms with Crippen LogP contribution in [-0.2, 0) is 0 Å². The van der Waals surface area contributed by atoms with Gasteiger partial charge >= 0.3 is 0 Å². The number of benzene rings is 1.